The second-order valence-corrected chi connectivity index (χ2v) is 7.73. The van der Waals surface area contributed by atoms with Crippen LogP contribution in [0.3, 0.4) is 0 Å². The van der Waals surface area contributed by atoms with Gasteiger partial charge in [0.25, 0.3) is 9.24 Å². The van der Waals surface area contributed by atoms with Gasteiger partial charge in [-0.25, -0.2) is 0 Å². The minimum Gasteiger partial charge on any atom is -0.195 e. The molecule has 0 radical (unpaired) electrons. The molecule has 5 heteroatoms. The molecule has 1 saturated heterocycles. The van der Waals surface area contributed by atoms with E-state index in [0.717, 1.165) is 12.8 Å². The third-order valence-electron chi connectivity index (χ3n) is 2.46. The molecule has 0 amide bonds. The number of halogens is 1. The summed E-state index contributed by atoms with van der Waals surface area (Å²) in [7, 11) is 1.79. The maximum Gasteiger partial charge on any atom is 0.299 e. The Kier molecular flexibility index (Phi) is 3.49. The molecule has 0 aromatic rings. The lowest BCUT2D eigenvalue weighted by molar-refractivity contribution is 0.299. The standard InChI is InChI=1S/C9H18ClNO2S/c1-9(2,3)6-8-4-5-11(7-8)14(10,12)13/h8H,4-7H2,1-3H3. The average Bonchev–Trinajstić information content (AvgIpc) is 2.29. The van der Waals surface area contributed by atoms with Gasteiger partial charge in [0.15, 0.2) is 0 Å². The lowest BCUT2D eigenvalue weighted by Gasteiger charge is -2.22. The van der Waals surface area contributed by atoms with Crippen molar-refractivity contribution >= 4 is 19.9 Å². The van der Waals surface area contributed by atoms with Gasteiger partial charge in [-0.05, 0) is 24.2 Å². The first-order valence-electron chi connectivity index (χ1n) is 4.88. The maximum atomic E-state index is 11.0. The van der Waals surface area contributed by atoms with Crippen molar-refractivity contribution in [3.8, 4) is 0 Å². The van der Waals surface area contributed by atoms with Crippen molar-refractivity contribution < 1.29 is 8.42 Å². The van der Waals surface area contributed by atoms with Crippen LogP contribution in [0.25, 0.3) is 0 Å². The Morgan fingerprint density at radius 1 is 1.43 bits per heavy atom. The van der Waals surface area contributed by atoms with Gasteiger partial charge in [-0.2, -0.15) is 12.7 Å². The smallest absolute Gasteiger partial charge is 0.195 e. The summed E-state index contributed by atoms with van der Waals surface area (Å²) in [6.07, 6.45) is 1.99. The summed E-state index contributed by atoms with van der Waals surface area (Å²) < 4.78 is 23.4. The number of nitrogens with zero attached hydrogens (tertiary/aromatic N) is 1. The quantitative estimate of drug-likeness (QED) is 0.693. The van der Waals surface area contributed by atoms with Crippen LogP contribution in [0.15, 0.2) is 0 Å². The number of hydrogen-bond donors (Lipinski definition) is 0. The van der Waals surface area contributed by atoms with Crippen LogP contribution in [0.4, 0.5) is 0 Å². The Bertz CT molecular complexity index is 294. The van der Waals surface area contributed by atoms with Crippen LogP contribution in [-0.2, 0) is 9.24 Å². The highest BCUT2D eigenvalue weighted by molar-refractivity contribution is 8.11. The van der Waals surface area contributed by atoms with Gasteiger partial charge >= 0.3 is 0 Å². The van der Waals surface area contributed by atoms with Crippen LogP contribution in [0.2, 0.25) is 0 Å². The largest absolute Gasteiger partial charge is 0.299 e. The molecule has 0 spiro atoms. The van der Waals surface area contributed by atoms with Gasteiger partial charge in [-0.1, -0.05) is 20.8 Å². The van der Waals surface area contributed by atoms with Gasteiger partial charge in [-0.3, -0.25) is 0 Å². The minimum absolute atomic E-state index is 0.261. The molecule has 1 atom stereocenters. The van der Waals surface area contributed by atoms with Crippen LogP contribution in [0.1, 0.15) is 33.6 Å². The molecule has 0 saturated carbocycles. The molecule has 3 nitrogen and oxygen atoms in total. The molecule has 0 aliphatic carbocycles. The predicted molar refractivity (Wildman–Crippen MR) is 58.5 cm³/mol. The highest BCUT2D eigenvalue weighted by Crippen LogP contribution is 2.31. The third kappa shape index (κ3) is 3.75. The molecule has 1 aliphatic heterocycles. The molecule has 1 fully saturated rings. The summed E-state index contributed by atoms with van der Waals surface area (Å²) in [6.45, 7) is 7.68. The SMILES string of the molecule is CC(C)(C)CC1CCN(S(=O)(=O)Cl)C1. The van der Waals surface area contributed by atoms with E-state index in [1.165, 1.54) is 4.31 Å². The lowest BCUT2D eigenvalue weighted by Crippen LogP contribution is -2.25. The number of hydrogen-bond acceptors (Lipinski definition) is 2. The minimum atomic E-state index is -3.49. The van der Waals surface area contributed by atoms with Crippen LogP contribution >= 0.6 is 10.7 Å². The van der Waals surface area contributed by atoms with E-state index in [2.05, 4.69) is 20.8 Å². The third-order valence-corrected chi connectivity index (χ3v) is 3.99. The molecule has 14 heavy (non-hydrogen) atoms. The zero-order valence-corrected chi connectivity index (χ0v) is 10.5. The Morgan fingerprint density at radius 2 is 2.00 bits per heavy atom. The molecular formula is C9H18ClNO2S. The monoisotopic (exact) mass is 239 g/mol. The van der Waals surface area contributed by atoms with Crippen molar-refractivity contribution in [2.24, 2.45) is 11.3 Å². The van der Waals surface area contributed by atoms with Crippen molar-refractivity contribution in [1.29, 1.82) is 0 Å². The summed E-state index contributed by atoms with van der Waals surface area (Å²) in [5.74, 6) is 0.462. The first-order valence-corrected chi connectivity index (χ1v) is 7.15. The summed E-state index contributed by atoms with van der Waals surface area (Å²) in [4.78, 5) is 0. The van der Waals surface area contributed by atoms with Crippen LogP contribution in [0.5, 0.6) is 0 Å². The van der Waals surface area contributed by atoms with Crippen molar-refractivity contribution in [2.45, 2.75) is 33.6 Å². The van der Waals surface area contributed by atoms with Crippen molar-refractivity contribution in [3.63, 3.8) is 0 Å². The van der Waals surface area contributed by atoms with Crippen molar-refractivity contribution in [1.82, 2.24) is 4.31 Å². The zero-order chi connectivity index (χ0) is 11.0. The molecule has 1 heterocycles. The predicted octanol–water partition coefficient (Wildman–Crippen LogP) is 2.23. The Morgan fingerprint density at radius 3 is 2.36 bits per heavy atom. The second kappa shape index (κ2) is 3.99. The van der Waals surface area contributed by atoms with Crippen LogP contribution < -0.4 is 0 Å². The first-order chi connectivity index (χ1) is 6.18. The molecule has 1 aliphatic rings. The van der Waals surface area contributed by atoms with E-state index in [-0.39, 0.29) is 5.41 Å². The van der Waals surface area contributed by atoms with E-state index < -0.39 is 9.24 Å². The summed E-state index contributed by atoms with van der Waals surface area (Å²) in [5, 5.41) is 0. The fraction of sp³-hybridized carbons (Fsp3) is 1.00. The fourth-order valence-corrected chi connectivity index (χ4v) is 3.12. The molecule has 1 unspecified atom stereocenters. The van der Waals surface area contributed by atoms with E-state index in [9.17, 15) is 8.42 Å². The zero-order valence-electron chi connectivity index (χ0n) is 8.96. The van der Waals surface area contributed by atoms with E-state index in [1.54, 1.807) is 0 Å². The van der Waals surface area contributed by atoms with E-state index in [4.69, 9.17) is 10.7 Å². The highest BCUT2D eigenvalue weighted by atomic mass is 35.7. The summed E-state index contributed by atoms with van der Waals surface area (Å²) >= 11 is 0. The van der Waals surface area contributed by atoms with E-state index >= 15 is 0 Å². The van der Waals surface area contributed by atoms with Crippen LogP contribution in [-0.4, -0.2) is 25.8 Å². The molecule has 0 aromatic carbocycles. The summed E-state index contributed by atoms with van der Waals surface area (Å²) in [5.41, 5.74) is 0.261. The van der Waals surface area contributed by atoms with Gasteiger partial charge in [-0.15, -0.1) is 0 Å². The first kappa shape index (κ1) is 12.3. The molecule has 1 rings (SSSR count). The molecule has 0 N–H and O–H groups in total. The Hall–Kier alpha value is 0.200. The van der Waals surface area contributed by atoms with Crippen LogP contribution in [0, 0.1) is 11.3 Å². The van der Waals surface area contributed by atoms with Crippen molar-refractivity contribution in [2.75, 3.05) is 13.1 Å². The molecule has 84 valence electrons. The maximum absolute atomic E-state index is 11.0. The van der Waals surface area contributed by atoms with Gasteiger partial charge in [0.05, 0.1) is 0 Å². The van der Waals surface area contributed by atoms with E-state index in [0.29, 0.717) is 19.0 Å². The molecule has 0 bridgehead atoms. The fourth-order valence-electron chi connectivity index (χ4n) is 2.03. The Balaban J connectivity index is 2.51. The number of rotatable bonds is 2. The van der Waals surface area contributed by atoms with Crippen molar-refractivity contribution in [3.05, 3.63) is 0 Å². The topological polar surface area (TPSA) is 37.4 Å². The highest BCUT2D eigenvalue weighted by Gasteiger charge is 2.31. The van der Waals surface area contributed by atoms with E-state index in [1.807, 2.05) is 0 Å². The van der Waals surface area contributed by atoms with Gasteiger partial charge in [0.1, 0.15) is 0 Å². The molecule has 0 aromatic heterocycles. The van der Waals surface area contributed by atoms with Gasteiger partial charge in [0.2, 0.25) is 0 Å². The Labute approximate surface area is 91.0 Å². The van der Waals surface area contributed by atoms with Gasteiger partial charge < -0.3 is 0 Å². The normalized spacial score (nSPS) is 25.6. The summed E-state index contributed by atoms with van der Waals surface area (Å²) in [6, 6.07) is 0. The molecular weight excluding hydrogens is 222 g/mol. The lowest BCUT2D eigenvalue weighted by atomic mass is 9.84. The average molecular weight is 240 g/mol. The second-order valence-electron chi connectivity index (χ2n) is 5.22. The van der Waals surface area contributed by atoms with Gasteiger partial charge in [0, 0.05) is 23.8 Å².